The van der Waals surface area contributed by atoms with Gasteiger partial charge in [-0.05, 0) is 24.6 Å². The molecule has 1 aromatic carbocycles. The minimum absolute atomic E-state index is 0.288. The third-order valence-electron chi connectivity index (χ3n) is 3.48. The first-order valence-corrected chi connectivity index (χ1v) is 8.39. The molecule has 0 bridgehead atoms. The van der Waals surface area contributed by atoms with Crippen LogP contribution in [-0.4, -0.2) is 17.0 Å². The van der Waals surface area contributed by atoms with E-state index in [0.717, 1.165) is 18.1 Å². The molecule has 21 heavy (non-hydrogen) atoms. The van der Waals surface area contributed by atoms with Gasteiger partial charge in [-0.1, -0.05) is 51.1 Å². The summed E-state index contributed by atoms with van der Waals surface area (Å²) in [6.07, 6.45) is 1.74. The van der Waals surface area contributed by atoms with Crippen molar-refractivity contribution in [2.75, 3.05) is 12.3 Å². The second kappa shape index (κ2) is 6.71. The Hall–Kier alpha value is -1.19. The fourth-order valence-corrected chi connectivity index (χ4v) is 3.14. The lowest BCUT2D eigenvalue weighted by atomic mass is 9.89. The quantitative estimate of drug-likeness (QED) is 0.785. The summed E-state index contributed by atoms with van der Waals surface area (Å²) < 4.78 is 5.98. The molecule has 2 nitrogen and oxygen atoms in total. The highest BCUT2D eigenvalue weighted by atomic mass is 32.2. The van der Waals surface area contributed by atoms with Gasteiger partial charge in [-0.15, -0.1) is 0 Å². The average molecular weight is 303 g/mol. The molecule has 0 radical (unpaired) electrons. The van der Waals surface area contributed by atoms with E-state index in [4.69, 9.17) is 4.42 Å². The number of rotatable bonds is 6. The van der Waals surface area contributed by atoms with E-state index in [-0.39, 0.29) is 5.54 Å². The van der Waals surface area contributed by atoms with Crippen molar-refractivity contribution in [1.82, 2.24) is 5.32 Å². The smallest absolute Gasteiger partial charge is 0.128 e. The van der Waals surface area contributed by atoms with Crippen molar-refractivity contribution in [3.8, 4) is 0 Å². The fraction of sp³-hybridized carbons (Fsp3) is 0.444. The molecular formula is C18H25NOS. The van der Waals surface area contributed by atoms with Crippen molar-refractivity contribution in [2.45, 2.75) is 38.0 Å². The first kappa shape index (κ1) is 16.2. The maximum absolute atomic E-state index is 5.68. The van der Waals surface area contributed by atoms with Crippen LogP contribution in [-0.2, 0) is 5.54 Å². The van der Waals surface area contributed by atoms with E-state index in [1.54, 1.807) is 6.26 Å². The lowest BCUT2D eigenvalue weighted by Crippen LogP contribution is -2.41. The van der Waals surface area contributed by atoms with Gasteiger partial charge >= 0.3 is 0 Å². The molecule has 0 saturated heterocycles. The molecule has 3 heteroatoms. The van der Waals surface area contributed by atoms with E-state index >= 15 is 0 Å². The Balaban J connectivity index is 2.11. The predicted octanol–water partition coefficient (Wildman–Crippen LogP) is 4.66. The molecule has 2 aromatic rings. The molecule has 0 aliphatic heterocycles. The standard InChI is InChI=1S/C18H25NOS/c1-17(2,3)21-14-12-19-18(4,16-11-8-13-20-16)15-9-6-5-7-10-15/h5-11,13,19H,12,14H2,1-4H3. The molecule has 1 aromatic heterocycles. The van der Waals surface area contributed by atoms with Gasteiger partial charge in [0.15, 0.2) is 0 Å². The Bertz CT molecular complexity index is 530. The second-order valence-corrected chi connectivity index (χ2v) is 8.28. The van der Waals surface area contributed by atoms with E-state index in [1.807, 2.05) is 30.0 Å². The molecule has 1 heterocycles. The van der Waals surface area contributed by atoms with E-state index in [2.05, 4.69) is 57.3 Å². The second-order valence-electron chi connectivity index (χ2n) is 6.36. The average Bonchev–Trinajstić information content (AvgIpc) is 2.98. The normalized spacial score (nSPS) is 14.9. The summed E-state index contributed by atoms with van der Waals surface area (Å²) in [6.45, 7) is 9.87. The molecule has 0 saturated carbocycles. The Morgan fingerprint density at radius 1 is 1.00 bits per heavy atom. The number of benzene rings is 1. The molecule has 0 amide bonds. The monoisotopic (exact) mass is 303 g/mol. The molecule has 0 fully saturated rings. The largest absolute Gasteiger partial charge is 0.467 e. The summed E-state index contributed by atoms with van der Waals surface area (Å²) >= 11 is 1.97. The van der Waals surface area contributed by atoms with Gasteiger partial charge in [-0.2, -0.15) is 11.8 Å². The molecular weight excluding hydrogens is 278 g/mol. The molecule has 1 atom stereocenters. The summed E-state index contributed by atoms with van der Waals surface area (Å²) in [6, 6.07) is 14.5. The predicted molar refractivity (Wildman–Crippen MR) is 91.8 cm³/mol. The van der Waals surface area contributed by atoms with Crippen LogP contribution in [0.25, 0.3) is 0 Å². The third kappa shape index (κ3) is 4.39. The molecule has 0 spiro atoms. The number of hydrogen-bond donors (Lipinski definition) is 1. The van der Waals surface area contributed by atoms with Gasteiger partial charge in [0.1, 0.15) is 5.76 Å². The summed E-state index contributed by atoms with van der Waals surface area (Å²) in [5, 5.41) is 3.67. The maximum atomic E-state index is 5.68. The van der Waals surface area contributed by atoms with Gasteiger partial charge < -0.3 is 9.73 Å². The van der Waals surface area contributed by atoms with Crippen LogP contribution in [0.1, 0.15) is 39.0 Å². The van der Waals surface area contributed by atoms with Crippen LogP contribution in [0.4, 0.5) is 0 Å². The zero-order chi connectivity index (χ0) is 15.3. The van der Waals surface area contributed by atoms with Crippen molar-refractivity contribution in [2.24, 2.45) is 0 Å². The van der Waals surface area contributed by atoms with Gasteiger partial charge in [-0.25, -0.2) is 0 Å². The van der Waals surface area contributed by atoms with Crippen molar-refractivity contribution in [1.29, 1.82) is 0 Å². The number of hydrogen-bond acceptors (Lipinski definition) is 3. The van der Waals surface area contributed by atoms with Crippen molar-refractivity contribution < 1.29 is 4.42 Å². The SMILES string of the molecule is CC(C)(C)SCCNC(C)(c1ccccc1)c1ccco1. The molecule has 114 valence electrons. The van der Waals surface area contributed by atoms with E-state index in [9.17, 15) is 0 Å². The fourth-order valence-electron chi connectivity index (χ4n) is 2.32. The van der Waals surface area contributed by atoms with Crippen LogP contribution in [0.5, 0.6) is 0 Å². The van der Waals surface area contributed by atoms with Crippen LogP contribution in [0.15, 0.2) is 53.1 Å². The molecule has 0 aliphatic rings. The molecule has 2 rings (SSSR count). The molecule has 1 unspecified atom stereocenters. The van der Waals surface area contributed by atoms with Gasteiger partial charge in [0, 0.05) is 17.0 Å². The highest BCUT2D eigenvalue weighted by Gasteiger charge is 2.30. The zero-order valence-electron chi connectivity index (χ0n) is 13.3. The summed E-state index contributed by atoms with van der Waals surface area (Å²) in [7, 11) is 0. The van der Waals surface area contributed by atoms with Crippen LogP contribution < -0.4 is 5.32 Å². The number of nitrogens with one attached hydrogen (secondary N) is 1. The third-order valence-corrected chi connectivity index (χ3v) is 4.76. The van der Waals surface area contributed by atoms with E-state index in [0.29, 0.717) is 4.75 Å². The topological polar surface area (TPSA) is 25.2 Å². The first-order chi connectivity index (χ1) is 9.92. The van der Waals surface area contributed by atoms with Gasteiger partial charge in [0.25, 0.3) is 0 Å². The van der Waals surface area contributed by atoms with Crippen molar-refractivity contribution in [3.05, 3.63) is 60.1 Å². The minimum Gasteiger partial charge on any atom is -0.467 e. The van der Waals surface area contributed by atoms with Gasteiger partial charge in [-0.3, -0.25) is 0 Å². The summed E-state index contributed by atoms with van der Waals surface area (Å²) in [5.41, 5.74) is 0.934. The lowest BCUT2D eigenvalue weighted by molar-refractivity contribution is 0.353. The maximum Gasteiger partial charge on any atom is 0.128 e. The summed E-state index contributed by atoms with van der Waals surface area (Å²) in [5.74, 6) is 2.03. The van der Waals surface area contributed by atoms with Crippen molar-refractivity contribution >= 4 is 11.8 Å². The highest BCUT2D eigenvalue weighted by molar-refractivity contribution is 8.00. The lowest BCUT2D eigenvalue weighted by Gasteiger charge is -2.30. The van der Waals surface area contributed by atoms with Crippen LogP contribution >= 0.6 is 11.8 Å². The van der Waals surface area contributed by atoms with Crippen LogP contribution in [0, 0.1) is 0 Å². The first-order valence-electron chi connectivity index (χ1n) is 7.40. The Kier molecular flexibility index (Phi) is 5.17. The van der Waals surface area contributed by atoms with Crippen LogP contribution in [0.2, 0.25) is 0 Å². The highest BCUT2D eigenvalue weighted by Crippen LogP contribution is 2.30. The summed E-state index contributed by atoms with van der Waals surface area (Å²) in [4.78, 5) is 0. The van der Waals surface area contributed by atoms with Gasteiger partial charge in [0.05, 0.1) is 11.8 Å². The Morgan fingerprint density at radius 2 is 1.71 bits per heavy atom. The van der Waals surface area contributed by atoms with E-state index in [1.165, 1.54) is 5.56 Å². The number of thioether (sulfide) groups is 1. The van der Waals surface area contributed by atoms with Crippen LogP contribution in [0.3, 0.4) is 0 Å². The molecule has 1 N–H and O–H groups in total. The minimum atomic E-state index is -0.288. The number of furan rings is 1. The van der Waals surface area contributed by atoms with E-state index < -0.39 is 0 Å². The molecule has 0 aliphatic carbocycles. The van der Waals surface area contributed by atoms with Crippen molar-refractivity contribution in [3.63, 3.8) is 0 Å². The Labute approximate surface area is 132 Å². The van der Waals surface area contributed by atoms with Gasteiger partial charge in [0.2, 0.25) is 0 Å². The zero-order valence-corrected chi connectivity index (χ0v) is 14.2. The Morgan fingerprint density at radius 3 is 2.29 bits per heavy atom.